The quantitative estimate of drug-likeness (QED) is 0.924. The number of carbonyl (C=O) groups is 1. The van der Waals surface area contributed by atoms with Gasteiger partial charge in [-0.1, -0.05) is 51.1 Å². The highest BCUT2D eigenvalue weighted by Crippen LogP contribution is 2.24. The second kappa shape index (κ2) is 6.69. The van der Waals surface area contributed by atoms with E-state index in [9.17, 15) is 9.90 Å². The number of aromatic nitrogens is 1. The van der Waals surface area contributed by atoms with Gasteiger partial charge in [-0.05, 0) is 22.6 Å². The summed E-state index contributed by atoms with van der Waals surface area (Å²) in [5.74, 6) is 0.732. The van der Waals surface area contributed by atoms with Crippen LogP contribution in [0.15, 0.2) is 42.5 Å². The first-order valence-electron chi connectivity index (χ1n) is 7.42. The van der Waals surface area contributed by atoms with Crippen LogP contribution in [0.25, 0.3) is 0 Å². The van der Waals surface area contributed by atoms with Crippen molar-refractivity contribution in [2.45, 2.75) is 32.7 Å². The molecule has 0 bridgehead atoms. The molecule has 0 aliphatic heterocycles. The summed E-state index contributed by atoms with van der Waals surface area (Å²) < 4.78 is 5.07. The van der Waals surface area contributed by atoms with Gasteiger partial charge < -0.3 is 9.84 Å². The van der Waals surface area contributed by atoms with Crippen LogP contribution in [-0.4, -0.2) is 23.3 Å². The summed E-state index contributed by atoms with van der Waals surface area (Å²) in [6.07, 6.45) is -1.05. The molecule has 122 valence electrons. The van der Waals surface area contributed by atoms with Crippen LogP contribution < -0.4 is 9.64 Å². The standard InChI is InChI=1S/C18H22N2O3/c1-18(2,3)14-8-5-7-13(11-14)12-20(17(21)22)15-9-6-10-16(19-15)23-4/h5-11H,12H2,1-4H3,(H,21,22). The lowest BCUT2D eigenvalue weighted by Crippen LogP contribution is -2.29. The minimum atomic E-state index is -1.05. The fourth-order valence-corrected chi connectivity index (χ4v) is 2.23. The molecule has 0 spiro atoms. The highest BCUT2D eigenvalue weighted by Gasteiger charge is 2.19. The Kier molecular flexibility index (Phi) is 4.89. The van der Waals surface area contributed by atoms with Crippen molar-refractivity contribution < 1.29 is 14.6 Å². The maximum atomic E-state index is 11.6. The fourth-order valence-electron chi connectivity index (χ4n) is 2.23. The maximum absolute atomic E-state index is 11.6. The van der Waals surface area contributed by atoms with E-state index in [-0.39, 0.29) is 12.0 Å². The third-order valence-corrected chi connectivity index (χ3v) is 3.56. The zero-order valence-corrected chi connectivity index (χ0v) is 13.9. The number of ether oxygens (including phenoxy) is 1. The Balaban J connectivity index is 2.32. The molecule has 1 amide bonds. The fraction of sp³-hybridized carbons (Fsp3) is 0.333. The molecule has 0 fully saturated rings. The van der Waals surface area contributed by atoms with Crippen molar-refractivity contribution in [2.24, 2.45) is 0 Å². The molecule has 1 N–H and O–H groups in total. The number of nitrogens with zero attached hydrogens (tertiary/aromatic N) is 2. The molecule has 0 aliphatic carbocycles. The average Bonchev–Trinajstić information content (AvgIpc) is 2.52. The van der Waals surface area contributed by atoms with Gasteiger partial charge in [-0.3, -0.25) is 4.90 Å². The van der Waals surface area contributed by atoms with Gasteiger partial charge in [0.05, 0.1) is 13.7 Å². The van der Waals surface area contributed by atoms with Crippen LogP contribution in [-0.2, 0) is 12.0 Å². The first-order chi connectivity index (χ1) is 10.8. The number of pyridine rings is 1. The van der Waals surface area contributed by atoms with Crippen molar-refractivity contribution in [3.8, 4) is 5.88 Å². The van der Waals surface area contributed by atoms with Crippen LogP contribution in [0.1, 0.15) is 31.9 Å². The van der Waals surface area contributed by atoms with E-state index in [0.29, 0.717) is 11.7 Å². The van der Waals surface area contributed by atoms with Crippen LogP contribution in [0.3, 0.4) is 0 Å². The summed E-state index contributed by atoms with van der Waals surface area (Å²) in [4.78, 5) is 17.0. The number of carboxylic acid groups (broad SMARTS) is 1. The molecule has 1 aromatic carbocycles. The van der Waals surface area contributed by atoms with Crippen molar-refractivity contribution >= 4 is 11.9 Å². The van der Waals surface area contributed by atoms with E-state index in [2.05, 4.69) is 31.8 Å². The van der Waals surface area contributed by atoms with Gasteiger partial charge in [0.15, 0.2) is 0 Å². The Morgan fingerprint density at radius 2 is 1.91 bits per heavy atom. The zero-order valence-electron chi connectivity index (χ0n) is 13.9. The number of hydrogen-bond donors (Lipinski definition) is 1. The van der Waals surface area contributed by atoms with E-state index in [1.54, 1.807) is 18.2 Å². The number of benzene rings is 1. The molecule has 2 rings (SSSR count). The summed E-state index contributed by atoms with van der Waals surface area (Å²) in [6, 6.07) is 13.0. The lowest BCUT2D eigenvalue weighted by Gasteiger charge is -2.22. The molecule has 0 radical (unpaired) electrons. The molecule has 1 aromatic heterocycles. The number of rotatable bonds is 4. The Bertz CT molecular complexity index is 693. The topological polar surface area (TPSA) is 62.7 Å². The molecule has 2 aromatic rings. The predicted octanol–water partition coefficient (Wildman–Crippen LogP) is 4.07. The molecule has 5 nitrogen and oxygen atoms in total. The van der Waals surface area contributed by atoms with Crippen LogP contribution in [0.4, 0.5) is 10.6 Å². The van der Waals surface area contributed by atoms with Crippen molar-refractivity contribution in [1.29, 1.82) is 0 Å². The van der Waals surface area contributed by atoms with Crippen LogP contribution in [0, 0.1) is 0 Å². The van der Waals surface area contributed by atoms with Gasteiger partial charge in [0, 0.05) is 6.07 Å². The molecule has 5 heteroatoms. The van der Waals surface area contributed by atoms with Crippen molar-refractivity contribution in [1.82, 2.24) is 4.98 Å². The van der Waals surface area contributed by atoms with Crippen LogP contribution in [0.2, 0.25) is 0 Å². The summed E-state index contributed by atoms with van der Waals surface area (Å²) in [5.41, 5.74) is 2.10. The van der Waals surface area contributed by atoms with Gasteiger partial charge in [-0.2, -0.15) is 4.98 Å². The molecule has 0 unspecified atom stereocenters. The SMILES string of the molecule is COc1cccc(N(Cc2cccc(C(C)(C)C)c2)C(=O)O)n1. The second-order valence-electron chi connectivity index (χ2n) is 6.36. The van der Waals surface area contributed by atoms with Gasteiger partial charge in [0.1, 0.15) is 5.82 Å². The van der Waals surface area contributed by atoms with Gasteiger partial charge in [0.2, 0.25) is 5.88 Å². The Labute approximate surface area is 136 Å². The Hall–Kier alpha value is -2.56. The number of anilines is 1. The van der Waals surface area contributed by atoms with E-state index in [4.69, 9.17) is 4.74 Å². The van der Waals surface area contributed by atoms with Crippen molar-refractivity contribution in [3.63, 3.8) is 0 Å². The molecule has 23 heavy (non-hydrogen) atoms. The normalized spacial score (nSPS) is 11.1. The highest BCUT2D eigenvalue weighted by atomic mass is 16.5. The van der Waals surface area contributed by atoms with Crippen LogP contribution >= 0.6 is 0 Å². The first kappa shape index (κ1) is 16.8. The van der Waals surface area contributed by atoms with E-state index in [0.717, 1.165) is 5.56 Å². The maximum Gasteiger partial charge on any atom is 0.413 e. The van der Waals surface area contributed by atoms with E-state index >= 15 is 0 Å². The van der Waals surface area contributed by atoms with E-state index in [1.807, 2.05) is 18.2 Å². The molecular weight excluding hydrogens is 292 g/mol. The van der Waals surface area contributed by atoms with Crippen molar-refractivity contribution in [2.75, 3.05) is 12.0 Å². The van der Waals surface area contributed by atoms with Crippen molar-refractivity contribution in [3.05, 3.63) is 53.6 Å². The summed E-state index contributed by atoms with van der Waals surface area (Å²) in [6.45, 7) is 6.62. The minimum absolute atomic E-state index is 0.0122. The van der Waals surface area contributed by atoms with Crippen LogP contribution in [0.5, 0.6) is 5.88 Å². The Morgan fingerprint density at radius 1 is 1.22 bits per heavy atom. The Morgan fingerprint density at radius 3 is 2.52 bits per heavy atom. The third-order valence-electron chi connectivity index (χ3n) is 3.56. The summed E-state index contributed by atoms with van der Waals surface area (Å²) in [7, 11) is 1.50. The van der Waals surface area contributed by atoms with Gasteiger partial charge in [-0.25, -0.2) is 4.79 Å². The number of methoxy groups -OCH3 is 1. The summed E-state index contributed by atoms with van der Waals surface area (Å²) >= 11 is 0. The molecule has 0 atom stereocenters. The lowest BCUT2D eigenvalue weighted by atomic mass is 9.86. The smallest absolute Gasteiger partial charge is 0.413 e. The van der Waals surface area contributed by atoms with E-state index in [1.165, 1.54) is 17.6 Å². The van der Waals surface area contributed by atoms with Gasteiger partial charge in [-0.15, -0.1) is 0 Å². The number of hydrogen-bond acceptors (Lipinski definition) is 3. The molecule has 0 aliphatic rings. The molecule has 0 saturated carbocycles. The van der Waals surface area contributed by atoms with Gasteiger partial charge >= 0.3 is 6.09 Å². The molecular formula is C18H22N2O3. The summed E-state index contributed by atoms with van der Waals surface area (Å²) in [5, 5.41) is 9.53. The largest absolute Gasteiger partial charge is 0.481 e. The molecule has 1 heterocycles. The lowest BCUT2D eigenvalue weighted by molar-refractivity contribution is 0.201. The van der Waals surface area contributed by atoms with E-state index < -0.39 is 6.09 Å². The first-order valence-corrected chi connectivity index (χ1v) is 7.42. The van der Waals surface area contributed by atoms with Gasteiger partial charge in [0.25, 0.3) is 0 Å². The monoisotopic (exact) mass is 314 g/mol. The highest BCUT2D eigenvalue weighted by molar-refractivity contribution is 5.84. The minimum Gasteiger partial charge on any atom is -0.481 e. The zero-order chi connectivity index (χ0) is 17.0. The third kappa shape index (κ3) is 4.22. The number of amides is 1. The molecule has 0 saturated heterocycles. The predicted molar refractivity (Wildman–Crippen MR) is 90.1 cm³/mol. The average molecular weight is 314 g/mol. The second-order valence-corrected chi connectivity index (χ2v) is 6.36.